The van der Waals surface area contributed by atoms with Crippen LogP contribution in [0.5, 0.6) is 11.5 Å². The molecule has 33 heavy (non-hydrogen) atoms. The minimum Gasteiger partial charge on any atom is -0.457 e. The number of nitrogens with two attached hydrogens (primary N) is 1. The van der Waals surface area contributed by atoms with Gasteiger partial charge in [0.05, 0.1) is 11.3 Å². The van der Waals surface area contributed by atoms with Gasteiger partial charge in [0.1, 0.15) is 17.8 Å². The van der Waals surface area contributed by atoms with Gasteiger partial charge in [0.15, 0.2) is 0 Å². The van der Waals surface area contributed by atoms with Crippen molar-refractivity contribution in [2.45, 2.75) is 18.8 Å². The molecule has 3 aromatic rings. The second-order valence-electron chi connectivity index (χ2n) is 8.29. The van der Waals surface area contributed by atoms with Gasteiger partial charge in [-0.15, -0.1) is 0 Å². The fourth-order valence-corrected chi connectivity index (χ4v) is 4.19. The van der Waals surface area contributed by atoms with E-state index in [-0.39, 0.29) is 5.92 Å². The van der Waals surface area contributed by atoms with Crippen LogP contribution in [0.1, 0.15) is 34.8 Å². The molecule has 6 heteroatoms. The number of nitrogens with zero attached hydrogens (tertiary/aromatic N) is 2. The standard InChI is InChI=1S/C27H27N3O3/c1-19(18-31)16-30-15-5-6-21(17-30)25-14-13-24(27(28)32)26(29-25)20-9-11-23(12-10-20)33-22-7-3-2-4-8-22/h2-4,7-14,18,21H,1,5-6,15-17H2,(H2,28,32). The molecule has 1 amide bonds. The zero-order chi connectivity index (χ0) is 23.2. The number of hydrogen-bond donors (Lipinski definition) is 1. The van der Waals surface area contributed by atoms with Crippen molar-refractivity contribution in [1.29, 1.82) is 0 Å². The van der Waals surface area contributed by atoms with E-state index in [1.807, 2.05) is 60.7 Å². The van der Waals surface area contributed by atoms with Crippen LogP contribution in [0.3, 0.4) is 0 Å². The number of carbonyl (C=O) groups is 2. The molecule has 0 saturated carbocycles. The molecule has 168 valence electrons. The molecule has 2 aromatic carbocycles. The molecule has 0 radical (unpaired) electrons. The second kappa shape index (κ2) is 10.2. The third-order valence-electron chi connectivity index (χ3n) is 5.81. The fourth-order valence-electron chi connectivity index (χ4n) is 4.19. The minimum absolute atomic E-state index is 0.208. The molecule has 1 unspecified atom stereocenters. The SMILES string of the molecule is C=C(C=O)CN1CCCC(c2ccc(C(N)=O)c(-c3ccc(Oc4ccccc4)cc3)n2)C1. The summed E-state index contributed by atoms with van der Waals surface area (Å²) in [4.78, 5) is 30.2. The number of hydrogen-bond acceptors (Lipinski definition) is 5. The summed E-state index contributed by atoms with van der Waals surface area (Å²) in [6, 6.07) is 20.7. The zero-order valence-electron chi connectivity index (χ0n) is 18.4. The van der Waals surface area contributed by atoms with Crippen molar-refractivity contribution in [2.75, 3.05) is 19.6 Å². The quantitative estimate of drug-likeness (QED) is 0.409. The van der Waals surface area contributed by atoms with Gasteiger partial charge in [-0.1, -0.05) is 24.8 Å². The van der Waals surface area contributed by atoms with Crippen molar-refractivity contribution >= 4 is 12.2 Å². The second-order valence-corrected chi connectivity index (χ2v) is 8.29. The van der Waals surface area contributed by atoms with Crippen molar-refractivity contribution in [2.24, 2.45) is 5.73 Å². The lowest BCUT2D eigenvalue weighted by Gasteiger charge is -2.32. The lowest BCUT2D eigenvalue weighted by atomic mass is 9.92. The van der Waals surface area contributed by atoms with Crippen molar-refractivity contribution in [3.63, 3.8) is 0 Å². The predicted molar refractivity (Wildman–Crippen MR) is 128 cm³/mol. The number of aldehydes is 1. The van der Waals surface area contributed by atoms with Gasteiger partial charge in [-0.2, -0.15) is 0 Å². The molecule has 1 atom stereocenters. The van der Waals surface area contributed by atoms with Crippen LogP contribution in [-0.4, -0.2) is 41.7 Å². The number of benzene rings is 2. The van der Waals surface area contributed by atoms with E-state index < -0.39 is 5.91 Å². The summed E-state index contributed by atoms with van der Waals surface area (Å²) < 4.78 is 5.87. The maximum atomic E-state index is 12.1. The van der Waals surface area contributed by atoms with Crippen molar-refractivity contribution in [3.05, 3.63) is 90.1 Å². The Hall–Kier alpha value is -3.77. The summed E-state index contributed by atoms with van der Waals surface area (Å²) in [7, 11) is 0. The highest BCUT2D eigenvalue weighted by atomic mass is 16.5. The van der Waals surface area contributed by atoms with Crippen LogP contribution in [0.15, 0.2) is 78.9 Å². The van der Waals surface area contributed by atoms with Crippen molar-refractivity contribution in [1.82, 2.24) is 9.88 Å². The molecule has 2 N–H and O–H groups in total. The summed E-state index contributed by atoms with van der Waals surface area (Å²) in [5.41, 5.74) is 8.90. The molecule has 1 aliphatic heterocycles. The number of ether oxygens (including phenoxy) is 1. The van der Waals surface area contributed by atoms with Gasteiger partial charge < -0.3 is 10.5 Å². The Balaban J connectivity index is 1.58. The number of rotatable bonds is 8. The number of para-hydroxylation sites is 1. The third-order valence-corrected chi connectivity index (χ3v) is 5.81. The Kier molecular flexibility index (Phi) is 6.95. The largest absolute Gasteiger partial charge is 0.457 e. The van der Waals surface area contributed by atoms with E-state index in [4.69, 9.17) is 15.5 Å². The molecule has 0 bridgehead atoms. The number of pyridine rings is 1. The molecule has 2 heterocycles. The van der Waals surface area contributed by atoms with Gasteiger partial charge in [0.25, 0.3) is 5.91 Å². The van der Waals surface area contributed by atoms with Crippen LogP contribution in [0, 0.1) is 0 Å². The molecule has 1 aromatic heterocycles. The highest BCUT2D eigenvalue weighted by molar-refractivity contribution is 5.98. The first-order valence-corrected chi connectivity index (χ1v) is 11.0. The van der Waals surface area contributed by atoms with E-state index >= 15 is 0 Å². The molecule has 1 fully saturated rings. The Labute approximate surface area is 193 Å². The molecule has 0 spiro atoms. The molecule has 4 rings (SSSR count). The van der Waals surface area contributed by atoms with E-state index in [0.717, 1.165) is 49.2 Å². The maximum Gasteiger partial charge on any atom is 0.250 e. The number of aromatic nitrogens is 1. The predicted octanol–water partition coefficient (Wildman–Crippen LogP) is 4.57. The Bertz CT molecular complexity index is 1140. The van der Waals surface area contributed by atoms with Crippen LogP contribution in [0.25, 0.3) is 11.3 Å². The van der Waals surface area contributed by atoms with Crippen molar-refractivity contribution < 1.29 is 14.3 Å². The molecular weight excluding hydrogens is 414 g/mol. The monoisotopic (exact) mass is 441 g/mol. The Morgan fingerprint density at radius 3 is 2.52 bits per heavy atom. The number of primary amides is 1. The normalized spacial score (nSPS) is 16.2. The van der Waals surface area contributed by atoms with Gasteiger partial charge in [0.2, 0.25) is 0 Å². The first kappa shape index (κ1) is 22.4. The van der Waals surface area contributed by atoms with E-state index in [9.17, 15) is 9.59 Å². The van der Waals surface area contributed by atoms with E-state index in [2.05, 4.69) is 11.5 Å². The van der Waals surface area contributed by atoms with E-state index in [1.54, 1.807) is 6.07 Å². The number of piperidine rings is 1. The fraction of sp³-hybridized carbons (Fsp3) is 0.222. The van der Waals surface area contributed by atoms with Crippen LogP contribution in [0.2, 0.25) is 0 Å². The number of likely N-dealkylation sites (tertiary alicyclic amines) is 1. The molecule has 6 nitrogen and oxygen atoms in total. The van der Waals surface area contributed by atoms with Gasteiger partial charge >= 0.3 is 0 Å². The van der Waals surface area contributed by atoms with Crippen LogP contribution in [0.4, 0.5) is 0 Å². The lowest BCUT2D eigenvalue weighted by molar-refractivity contribution is -0.105. The van der Waals surface area contributed by atoms with Crippen LogP contribution >= 0.6 is 0 Å². The summed E-state index contributed by atoms with van der Waals surface area (Å²) in [5, 5.41) is 0. The van der Waals surface area contributed by atoms with E-state index in [1.165, 1.54) is 0 Å². The first-order chi connectivity index (χ1) is 16.0. The topological polar surface area (TPSA) is 85.5 Å². The maximum absolute atomic E-state index is 12.1. The van der Waals surface area contributed by atoms with Crippen molar-refractivity contribution in [3.8, 4) is 22.8 Å². The summed E-state index contributed by atoms with van der Waals surface area (Å²) >= 11 is 0. The smallest absolute Gasteiger partial charge is 0.250 e. The Morgan fingerprint density at radius 1 is 1.09 bits per heavy atom. The number of amides is 1. The lowest BCUT2D eigenvalue weighted by Crippen LogP contribution is -2.36. The number of carbonyl (C=O) groups excluding carboxylic acids is 2. The average Bonchev–Trinajstić information content (AvgIpc) is 2.85. The third kappa shape index (κ3) is 5.54. The first-order valence-electron chi connectivity index (χ1n) is 11.0. The van der Waals surface area contributed by atoms with Gasteiger partial charge in [-0.3, -0.25) is 19.5 Å². The highest BCUT2D eigenvalue weighted by Gasteiger charge is 2.24. The van der Waals surface area contributed by atoms with Crippen LogP contribution in [-0.2, 0) is 4.79 Å². The van der Waals surface area contributed by atoms with Crippen LogP contribution < -0.4 is 10.5 Å². The highest BCUT2D eigenvalue weighted by Crippen LogP contribution is 2.31. The minimum atomic E-state index is -0.513. The summed E-state index contributed by atoms with van der Waals surface area (Å²) in [6.07, 6.45) is 2.82. The van der Waals surface area contributed by atoms with Gasteiger partial charge in [0, 0.05) is 30.3 Å². The molecule has 1 saturated heterocycles. The zero-order valence-corrected chi connectivity index (χ0v) is 18.4. The Morgan fingerprint density at radius 2 is 1.82 bits per heavy atom. The van der Waals surface area contributed by atoms with Gasteiger partial charge in [-0.25, -0.2) is 0 Å². The summed E-state index contributed by atoms with van der Waals surface area (Å²) in [6.45, 7) is 6.08. The van der Waals surface area contributed by atoms with E-state index in [0.29, 0.717) is 29.1 Å². The summed E-state index contributed by atoms with van der Waals surface area (Å²) in [5.74, 6) is 1.14. The average molecular weight is 442 g/mol. The molecular formula is C27H27N3O3. The van der Waals surface area contributed by atoms with Gasteiger partial charge in [-0.05, 0) is 73.5 Å². The molecule has 1 aliphatic rings. The molecule has 0 aliphatic carbocycles.